The molecule has 2 nitrogen and oxygen atoms in total. The first-order valence-corrected chi connectivity index (χ1v) is 5.90. The third kappa shape index (κ3) is 4.10. The molecule has 0 aromatic rings. The van der Waals surface area contributed by atoms with Gasteiger partial charge < -0.3 is 10.5 Å². The molecule has 17 heavy (non-hydrogen) atoms. The van der Waals surface area contributed by atoms with Crippen LogP contribution in [0.2, 0.25) is 0 Å². The summed E-state index contributed by atoms with van der Waals surface area (Å²) in [5.41, 5.74) is 5.74. The third-order valence-electron chi connectivity index (χ3n) is 3.34. The lowest BCUT2D eigenvalue weighted by molar-refractivity contribution is -0.181. The molecule has 0 radical (unpaired) electrons. The molecule has 0 aliphatic heterocycles. The van der Waals surface area contributed by atoms with E-state index >= 15 is 0 Å². The number of ether oxygens (including phenoxy) is 1. The predicted octanol–water partition coefficient (Wildman–Crippen LogP) is 2.81. The molecule has 3 atom stereocenters. The Morgan fingerprint density at radius 3 is 2.53 bits per heavy atom. The van der Waals surface area contributed by atoms with Gasteiger partial charge >= 0.3 is 12.3 Å². The molecule has 1 rings (SSSR count). The second-order valence-corrected chi connectivity index (χ2v) is 4.66. The van der Waals surface area contributed by atoms with Crippen LogP contribution in [0.15, 0.2) is 0 Å². The Morgan fingerprint density at radius 1 is 1.35 bits per heavy atom. The molecule has 0 saturated heterocycles. The van der Waals surface area contributed by atoms with Crippen molar-refractivity contribution in [1.82, 2.24) is 0 Å². The maximum absolute atomic E-state index is 12.7. The van der Waals surface area contributed by atoms with E-state index in [0.717, 1.165) is 12.8 Å². The molecule has 1 aliphatic carbocycles. The van der Waals surface area contributed by atoms with Crippen molar-refractivity contribution in [2.24, 2.45) is 11.7 Å². The van der Waals surface area contributed by atoms with Crippen molar-refractivity contribution in [3.63, 3.8) is 0 Å². The summed E-state index contributed by atoms with van der Waals surface area (Å²) in [6.07, 6.45) is -1.07. The van der Waals surface area contributed by atoms with Crippen LogP contribution < -0.4 is 5.73 Å². The third-order valence-corrected chi connectivity index (χ3v) is 3.34. The molecule has 0 spiro atoms. The van der Waals surface area contributed by atoms with Gasteiger partial charge in [0, 0.05) is 6.04 Å². The van der Waals surface area contributed by atoms with E-state index in [9.17, 15) is 17.6 Å². The van der Waals surface area contributed by atoms with Gasteiger partial charge in [0.25, 0.3) is 0 Å². The summed E-state index contributed by atoms with van der Waals surface area (Å²) in [7, 11) is 0. The predicted molar refractivity (Wildman–Crippen MR) is 56.3 cm³/mol. The van der Waals surface area contributed by atoms with E-state index in [1.807, 2.05) is 6.92 Å². The van der Waals surface area contributed by atoms with Gasteiger partial charge in [0.05, 0.1) is 6.10 Å². The van der Waals surface area contributed by atoms with Gasteiger partial charge in [-0.1, -0.05) is 13.3 Å². The van der Waals surface area contributed by atoms with Gasteiger partial charge in [0.1, 0.15) is 6.61 Å². The van der Waals surface area contributed by atoms with Crippen LogP contribution in [0.1, 0.15) is 32.6 Å². The zero-order chi connectivity index (χ0) is 13.1. The summed E-state index contributed by atoms with van der Waals surface area (Å²) in [6.45, 7) is 0.756. The zero-order valence-electron chi connectivity index (χ0n) is 9.84. The van der Waals surface area contributed by atoms with E-state index in [1.165, 1.54) is 0 Å². The molecule has 2 N–H and O–H groups in total. The van der Waals surface area contributed by atoms with Gasteiger partial charge in [-0.25, -0.2) is 8.78 Å². The quantitative estimate of drug-likeness (QED) is 0.769. The summed E-state index contributed by atoms with van der Waals surface area (Å²) in [5, 5.41) is 0. The Bertz CT molecular complexity index is 238. The first-order valence-electron chi connectivity index (χ1n) is 5.90. The lowest BCUT2D eigenvalue weighted by Gasteiger charge is -2.34. The molecular weight excluding hydrogens is 238 g/mol. The molecule has 0 heterocycles. The highest BCUT2D eigenvalue weighted by Gasteiger charge is 2.42. The highest BCUT2D eigenvalue weighted by molar-refractivity contribution is 4.84. The van der Waals surface area contributed by atoms with E-state index in [-0.39, 0.29) is 6.04 Å². The number of alkyl halides is 4. The number of hydrogen-bond acceptors (Lipinski definition) is 2. The van der Waals surface area contributed by atoms with Crippen molar-refractivity contribution < 1.29 is 22.3 Å². The molecule has 0 bridgehead atoms. The van der Waals surface area contributed by atoms with E-state index < -0.39 is 25.1 Å². The summed E-state index contributed by atoms with van der Waals surface area (Å²) in [4.78, 5) is 0. The fourth-order valence-electron chi connectivity index (χ4n) is 2.08. The standard InChI is InChI=1S/C11H19F4NO/c1-2-7-3-4-8(16)9(5-7)17-6-11(14,15)10(12)13/h7-10H,2-6,16H2,1H3. The van der Waals surface area contributed by atoms with Crippen LogP contribution in [0.3, 0.4) is 0 Å². The molecule has 102 valence electrons. The smallest absolute Gasteiger partial charge is 0.330 e. The van der Waals surface area contributed by atoms with Gasteiger partial charge in [-0.15, -0.1) is 0 Å². The van der Waals surface area contributed by atoms with E-state index in [1.54, 1.807) is 0 Å². The van der Waals surface area contributed by atoms with Crippen molar-refractivity contribution in [3.8, 4) is 0 Å². The van der Waals surface area contributed by atoms with E-state index in [2.05, 4.69) is 0 Å². The Kier molecular flexibility index (Phi) is 5.19. The molecule has 0 aromatic heterocycles. The fourth-order valence-corrected chi connectivity index (χ4v) is 2.08. The molecular formula is C11H19F4NO. The molecule has 1 aliphatic rings. The van der Waals surface area contributed by atoms with Crippen LogP contribution in [0.4, 0.5) is 17.6 Å². The number of hydrogen-bond donors (Lipinski definition) is 1. The molecule has 0 amide bonds. The van der Waals surface area contributed by atoms with Crippen molar-refractivity contribution in [1.29, 1.82) is 0 Å². The molecule has 1 saturated carbocycles. The Labute approximate surface area is 98.5 Å². The van der Waals surface area contributed by atoms with Crippen molar-refractivity contribution >= 4 is 0 Å². The maximum Gasteiger partial charge on any atom is 0.330 e. The van der Waals surface area contributed by atoms with E-state index in [4.69, 9.17) is 10.5 Å². The molecule has 0 aromatic carbocycles. The summed E-state index contributed by atoms with van der Waals surface area (Å²) in [5.74, 6) is -3.70. The van der Waals surface area contributed by atoms with Gasteiger partial charge in [0.2, 0.25) is 0 Å². The Balaban J connectivity index is 2.44. The maximum atomic E-state index is 12.7. The fraction of sp³-hybridized carbons (Fsp3) is 1.00. The highest BCUT2D eigenvalue weighted by Crippen LogP contribution is 2.30. The summed E-state index contributed by atoms with van der Waals surface area (Å²) < 4.78 is 54.2. The van der Waals surface area contributed by atoms with E-state index in [0.29, 0.717) is 18.8 Å². The van der Waals surface area contributed by atoms with Gasteiger partial charge in [0.15, 0.2) is 0 Å². The van der Waals surface area contributed by atoms with Crippen LogP contribution >= 0.6 is 0 Å². The first-order chi connectivity index (χ1) is 7.86. The second kappa shape index (κ2) is 6.00. The highest BCUT2D eigenvalue weighted by atomic mass is 19.3. The molecule has 1 fully saturated rings. The van der Waals surface area contributed by atoms with Gasteiger partial charge in [-0.05, 0) is 25.2 Å². The Hall–Kier alpha value is -0.360. The first kappa shape index (κ1) is 14.7. The lowest BCUT2D eigenvalue weighted by Crippen LogP contribution is -2.45. The van der Waals surface area contributed by atoms with Crippen molar-refractivity contribution in [3.05, 3.63) is 0 Å². The van der Waals surface area contributed by atoms with Crippen LogP contribution in [-0.2, 0) is 4.74 Å². The summed E-state index contributed by atoms with van der Waals surface area (Å²) in [6, 6.07) is -0.328. The number of halogens is 4. The lowest BCUT2D eigenvalue weighted by atomic mass is 9.83. The normalized spacial score (nSPS) is 30.9. The minimum Gasteiger partial charge on any atom is -0.370 e. The van der Waals surface area contributed by atoms with Crippen LogP contribution in [0.5, 0.6) is 0 Å². The topological polar surface area (TPSA) is 35.2 Å². The molecule has 3 unspecified atom stereocenters. The zero-order valence-corrected chi connectivity index (χ0v) is 9.84. The van der Waals surface area contributed by atoms with Crippen LogP contribution in [-0.4, -0.2) is 31.1 Å². The molecule has 6 heteroatoms. The van der Waals surface area contributed by atoms with Gasteiger partial charge in [-0.2, -0.15) is 8.78 Å². The monoisotopic (exact) mass is 257 g/mol. The largest absolute Gasteiger partial charge is 0.370 e. The van der Waals surface area contributed by atoms with Crippen molar-refractivity contribution in [2.75, 3.05) is 6.61 Å². The minimum absolute atomic E-state index is 0.328. The minimum atomic E-state index is -4.08. The number of rotatable bonds is 5. The second-order valence-electron chi connectivity index (χ2n) is 4.66. The van der Waals surface area contributed by atoms with Crippen molar-refractivity contribution in [2.45, 2.75) is 57.1 Å². The number of nitrogens with two attached hydrogens (primary N) is 1. The van der Waals surface area contributed by atoms with Crippen LogP contribution in [0.25, 0.3) is 0 Å². The summed E-state index contributed by atoms with van der Waals surface area (Å²) >= 11 is 0. The SMILES string of the molecule is CCC1CCC(N)C(OCC(F)(F)C(F)F)C1. The average Bonchev–Trinajstić information content (AvgIpc) is 2.28. The van der Waals surface area contributed by atoms with Crippen LogP contribution in [0, 0.1) is 5.92 Å². The van der Waals surface area contributed by atoms with Gasteiger partial charge in [-0.3, -0.25) is 0 Å². The Morgan fingerprint density at radius 2 is 2.00 bits per heavy atom. The average molecular weight is 257 g/mol.